The lowest BCUT2D eigenvalue weighted by molar-refractivity contribution is -0.142. The van der Waals surface area contributed by atoms with E-state index >= 15 is 0 Å². The van der Waals surface area contributed by atoms with Gasteiger partial charge in [-0.15, -0.1) is 12.3 Å². The van der Waals surface area contributed by atoms with Gasteiger partial charge in [0.2, 0.25) is 15.9 Å². The van der Waals surface area contributed by atoms with Crippen molar-refractivity contribution in [3.05, 3.63) is 0 Å². The monoisotopic (exact) mass is 302 g/mol. The van der Waals surface area contributed by atoms with Crippen molar-refractivity contribution in [2.75, 3.05) is 19.3 Å². The fourth-order valence-electron chi connectivity index (χ4n) is 2.06. The van der Waals surface area contributed by atoms with E-state index in [0.717, 1.165) is 6.26 Å². The van der Waals surface area contributed by atoms with Crippen LogP contribution in [0.5, 0.6) is 0 Å². The fraction of sp³-hybridized carbons (Fsp3) is 0.667. The zero-order valence-electron chi connectivity index (χ0n) is 11.2. The van der Waals surface area contributed by atoms with E-state index < -0.39 is 22.0 Å². The van der Waals surface area contributed by atoms with Crippen LogP contribution in [0.15, 0.2) is 0 Å². The first-order chi connectivity index (χ1) is 9.25. The number of carbonyl (C=O) groups excluding carboxylic acids is 1. The summed E-state index contributed by atoms with van der Waals surface area (Å²) in [7, 11) is -3.24. The largest absolute Gasteiger partial charge is 0.480 e. The molecule has 0 aromatic rings. The third-order valence-electron chi connectivity index (χ3n) is 3.23. The lowest BCUT2D eigenvalue weighted by atomic mass is 9.96. The van der Waals surface area contributed by atoms with Crippen molar-refractivity contribution in [2.24, 2.45) is 5.92 Å². The van der Waals surface area contributed by atoms with Crippen LogP contribution < -0.4 is 5.32 Å². The summed E-state index contributed by atoms with van der Waals surface area (Å²) in [4.78, 5) is 22.8. The van der Waals surface area contributed by atoms with Gasteiger partial charge in [0, 0.05) is 25.4 Å². The molecule has 1 amide bonds. The van der Waals surface area contributed by atoms with E-state index in [9.17, 15) is 18.0 Å². The highest BCUT2D eigenvalue weighted by Crippen LogP contribution is 2.19. The van der Waals surface area contributed by atoms with Crippen molar-refractivity contribution in [3.8, 4) is 12.3 Å². The van der Waals surface area contributed by atoms with E-state index in [0.29, 0.717) is 12.8 Å². The number of carbonyl (C=O) groups is 2. The van der Waals surface area contributed by atoms with Crippen LogP contribution in [0, 0.1) is 18.3 Å². The van der Waals surface area contributed by atoms with Gasteiger partial charge in [-0.3, -0.25) is 4.79 Å². The van der Waals surface area contributed by atoms with E-state index in [1.807, 2.05) is 0 Å². The lowest BCUT2D eigenvalue weighted by Gasteiger charge is -2.29. The third kappa shape index (κ3) is 4.51. The highest BCUT2D eigenvalue weighted by atomic mass is 32.2. The molecule has 0 bridgehead atoms. The molecule has 0 radical (unpaired) electrons. The molecule has 112 valence electrons. The molecule has 1 atom stereocenters. The predicted octanol–water partition coefficient (Wildman–Crippen LogP) is -0.749. The predicted molar refractivity (Wildman–Crippen MR) is 72.2 cm³/mol. The van der Waals surface area contributed by atoms with Crippen LogP contribution in [0.25, 0.3) is 0 Å². The van der Waals surface area contributed by atoms with Gasteiger partial charge in [-0.1, -0.05) is 0 Å². The molecule has 7 nitrogen and oxygen atoms in total. The first-order valence-corrected chi connectivity index (χ1v) is 8.02. The Morgan fingerprint density at radius 2 is 2.00 bits per heavy atom. The van der Waals surface area contributed by atoms with E-state index in [1.54, 1.807) is 0 Å². The number of terminal acetylenes is 1. The number of hydrogen-bond donors (Lipinski definition) is 2. The average Bonchev–Trinajstić information content (AvgIpc) is 2.37. The van der Waals surface area contributed by atoms with Crippen molar-refractivity contribution in [1.29, 1.82) is 0 Å². The van der Waals surface area contributed by atoms with Crippen LogP contribution in [0.1, 0.15) is 19.3 Å². The molecular weight excluding hydrogens is 284 g/mol. The minimum absolute atomic E-state index is 0.0801. The highest BCUT2D eigenvalue weighted by molar-refractivity contribution is 7.88. The van der Waals surface area contributed by atoms with Gasteiger partial charge >= 0.3 is 5.97 Å². The van der Waals surface area contributed by atoms with Crippen molar-refractivity contribution < 1.29 is 23.1 Å². The van der Waals surface area contributed by atoms with E-state index in [1.165, 1.54) is 4.31 Å². The number of aliphatic carboxylic acids is 1. The minimum atomic E-state index is -3.24. The molecule has 0 aromatic carbocycles. The number of rotatable bonds is 5. The van der Waals surface area contributed by atoms with E-state index in [4.69, 9.17) is 11.5 Å². The summed E-state index contributed by atoms with van der Waals surface area (Å²) < 4.78 is 24.0. The zero-order valence-corrected chi connectivity index (χ0v) is 12.0. The first-order valence-electron chi connectivity index (χ1n) is 6.17. The minimum Gasteiger partial charge on any atom is -0.480 e. The molecule has 1 fully saturated rings. The molecule has 2 N–H and O–H groups in total. The fourth-order valence-corrected chi connectivity index (χ4v) is 2.93. The van der Waals surface area contributed by atoms with Crippen LogP contribution in [0.3, 0.4) is 0 Å². The topological polar surface area (TPSA) is 104 Å². The van der Waals surface area contributed by atoms with E-state index in [2.05, 4.69) is 11.2 Å². The molecule has 0 spiro atoms. The molecule has 20 heavy (non-hydrogen) atoms. The molecule has 8 heteroatoms. The molecule has 0 aromatic heterocycles. The average molecular weight is 302 g/mol. The number of nitrogens with one attached hydrogen (secondary N) is 1. The Kier molecular flexibility index (Phi) is 5.53. The van der Waals surface area contributed by atoms with Crippen LogP contribution >= 0.6 is 0 Å². The van der Waals surface area contributed by atoms with Crippen LogP contribution in [0.4, 0.5) is 0 Å². The molecule has 1 heterocycles. The molecule has 0 aliphatic carbocycles. The second-order valence-corrected chi connectivity index (χ2v) is 6.73. The molecule has 1 saturated heterocycles. The number of sulfonamides is 1. The Labute approximate surface area is 118 Å². The molecular formula is C12H18N2O5S. The zero-order chi connectivity index (χ0) is 15.3. The molecule has 1 aliphatic heterocycles. The lowest BCUT2D eigenvalue weighted by Crippen LogP contribution is -2.47. The number of hydrogen-bond acceptors (Lipinski definition) is 4. The van der Waals surface area contributed by atoms with Crippen LogP contribution in [-0.2, 0) is 19.6 Å². The Morgan fingerprint density at radius 3 is 2.40 bits per heavy atom. The summed E-state index contributed by atoms with van der Waals surface area (Å²) in [6.45, 7) is 0.535. The maximum atomic E-state index is 11.9. The van der Waals surface area contributed by atoms with Crippen LogP contribution in [0.2, 0.25) is 0 Å². The van der Waals surface area contributed by atoms with Gasteiger partial charge in [-0.25, -0.2) is 17.5 Å². The number of nitrogens with zero attached hydrogens (tertiary/aromatic N) is 1. The summed E-state index contributed by atoms with van der Waals surface area (Å²) in [6.07, 6.45) is 6.85. The van der Waals surface area contributed by atoms with Gasteiger partial charge in [0.25, 0.3) is 0 Å². The Balaban J connectivity index is 2.55. The number of carboxylic acids is 1. The quantitative estimate of drug-likeness (QED) is 0.650. The molecule has 1 aliphatic rings. The van der Waals surface area contributed by atoms with E-state index in [-0.39, 0.29) is 31.3 Å². The summed E-state index contributed by atoms with van der Waals surface area (Å²) in [5.41, 5.74) is 0. The summed E-state index contributed by atoms with van der Waals surface area (Å²) in [5.74, 6) is 0.255. The summed E-state index contributed by atoms with van der Waals surface area (Å²) in [5, 5.41) is 11.3. The summed E-state index contributed by atoms with van der Waals surface area (Å²) >= 11 is 0. The van der Waals surface area contributed by atoms with Crippen LogP contribution in [-0.4, -0.2) is 55.1 Å². The SMILES string of the molecule is C#CCC(NC(=O)C1CCN(S(C)(=O)=O)CC1)C(=O)O. The summed E-state index contributed by atoms with van der Waals surface area (Å²) in [6, 6.07) is -1.10. The van der Waals surface area contributed by atoms with Gasteiger partial charge in [-0.2, -0.15) is 0 Å². The van der Waals surface area contributed by atoms with Gasteiger partial charge in [0.05, 0.1) is 6.26 Å². The third-order valence-corrected chi connectivity index (χ3v) is 4.53. The van der Waals surface area contributed by atoms with Gasteiger partial charge in [0.15, 0.2) is 0 Å². The second-order valence-electron chi connectivity index (χ2n) is 4.74. The maximum Gasteiger partial charge on any atom is 0.327 e. The van der Waals surface area contributed by atoms with Crippen molar-refractivity contribution in [1.82, 2.24) is 9.62 Å². The number of amides is 1. The first kappa shape index (κ1) is 16.5. The standard InChI is InChI=1S/C12H18N2O5S/c1-3-4-10(12(16)17)13-11(15)9-5-7-14(8-6-9)20(2,18)19/h1,9-10H,4-8H2,2H3,(H,13,15)(H,16,17). The van der Waals surface area contributed by atoms with Gasteiger partial charge < -0.3 is 10.4 Å². The van der Waals surface area contributed by atoms with Gasteiger partial charge in [-0.05, 0) is 12.8 Å². The Morgan fingerprint density at radius 1 is 1.45 bits per heavy atom. The molecule has 1 rings (SSSR count). The second kappa shape index (κ2) is 6.72. The smallest absolute Gasteiger partial charge is 0.327 e. The van der Waals surface area contributed by atoms with Crippen molar-refractivity contribution >= 4 is 21.9 Å². The van der Waals surface area contributed by atoms with Gasteiger partial charge in [0.1, 0.15) is 6.04 Å². The molecule has 0 saturated carbocycles. The maximum absolute atomic E-state index is 11.9. The number of carboxylic acid groups (broad SMARTS) is 1. The van der Waals surface area contributed by atoms with Crippen molar-refractivity contribution in [2.45, 2.75) is 25.3 Å². The Hall–Kier alpha value is -1.59. The highest BCUT2D eigenvalue weighted by Gasteiger charge is 2.30. The molecule has 1 unspecified atom stereocenters. The Bertz CT molecular complexity index is 514. The number of piperidine rings is 1. The van der Waals surface area contributed by atoms with Crippen molar-refractivity contribution in [3.63, 3.8) is 0 Å². The normalized spacial score (nSPS) is 19.0.